The third-order valence-electron chi connectivity index (χ3n) is 4.15. The summed E-state index contributed by atoms with van der Waals surface area (Å²) in [6.45, 7) is 5.79. The van der Waals surface area contributed by atoms with Crippen molar-refractivity contribution in [3.63, 3.8) is 0 Å². The Morgan fingerprint density at radius 3 is 2.43 bits per heavy atom. The number of carbonyl (C=O) groups excluding carboxylic acids is 1. The Morgan fingerprint density at radius 2 is 1.87 bits per heavy atom. The molecule has 0 unspecified atom stereocenters. The number of halogens is 3. The Labute approximate surface area is 185 Å². The predicted octanol–water partition coefficient (Wildman–Crippen LogP) is 4.50. The zero-order valence-electron chi connectivity index (χ0n) is 16.0. The molecule has 3 N–H and O–H groups in total. The summed E-state index contributed by atoms with van der Waals surface area (Å²) in [6, 6.07) is 2.70. The molecule has 0 fully saturated rings. The molecule has 3 rings (SSSR count). The van der Waals surface area contributed by atoms with Gasteiger partial charge in [-0.05, 0) is 24.5 Å². The molecule has 160 valence electrons. The van der Waals surface area contributed by atoms with Crippen molar-refractivity contribution in [2.45, 2.75) is 30.5 Å². The lowest BCUT2D eigenvalue weighted by Crippen LogP contribution is -2.23. The smallest absolute Gasteiger partial charge is 0.279 e. The van der Waals surface area contributed by atoms with E-state index in [1.54, 1.807) is 6.92 Å². The minimum atomic E-state index is -1.99. The van der Waals surface area contributed by atoms with Gasteiger partial charge in [-0.25, -0.2) is 0 Å². The quantitative estimate of drug-likeness (QED) is 0.459. The Balaban J connectivity index is 2.26. The first-order chi connectivity index (χ1) is 14.0. The lowest BCUT2D eigenvalue weighted by molar-refractivity contribution is 0.0947. The Hall–Kier alpha value is -2.49. The number of phenolic OH excluding ortho intramolecular Hbond substituents is 2. The van der Waals surface area contributed by atoms with E-state index in [9.17, 15) is 15.0 Å². The van der Waals surface area contributed by atoms with Gasteiger partial charge in [0.1, 0.15) is 17.1 Å². The number of rotatable bonds is 5. The highest BCUT2D eigenvalue weighted by molar-refractivity contribution is 6.66. The summed E-state index contributed by atoms with van der Waals surface area (Å²) >= 11 is 17.4. The number of carbonyl (C=O) groups is 1. The van der Waals surface area contributed by atoms with Crippen molar-refractivity contribution in [3.05, 3.63) is 29.3 Å². The molecule has 0 atom stereocenters. The van der Waals surface area contributed by atoms with Gasteiger partial charge in [-0.15, -0.1) is 0 Å². The van der Waals surface area contributed by atoms with Gasteiger partial charge in [0.2, 0.25) is 5.82 Å². The number of nitrogens with zero attached hydrogens (tertiary/aromatic N) is 3. The number of benzene rings is 1. The second-order valence-electron chi connectivity index (χ2n) is 6.60. The van der Waals surface area contributed by atoms with Crippen molar-refractivity contribution in [2.75, 3.05) is 6.54 Å². The molecular weight excluding hydrogens is 459 g/mol. The Bertz CT molecular complexity index is 1090. The molecule has 30 heavy (non-hydrogen) atoms. The molecule has 9 nitrogen and oxygen atoms in total. The first-order valence-electron chi connectivity index (χ1n) is 8.79. The molecule has 0 saturated heterocycles. The van der Waals surface area contributed by atoms with Crippen LogP contribution in [0.1, 0.15) is 48.6 Å². The van der Waals surface area contributed by atoms with E-state index in [4.69, 9.17) is 43.8 Å². The number of hydrogen-bond donors (Lipinski definition) is 3. The number of amides is 1. The lowest BCUT2D eigenvalue weighted by Gasteiger charge is -2.11. The Morgan fingerprint density at radius 1 is 1.17 bits per heavy atom. The normalized spacial score (nSPS) is 11.8. The molecule has 3 aromatic rings. The number of phenols is 2. The maximum Gasteiger partial charge on any atom is 0.279 e. The highest BCUT2D eigenvalue weighted by atomic mass is 35.6. The van der Waals surface area contributed by atoms with Gasteiger partial charge in [-0.2, -0.15) is 4.98 Å². The summed E-state index contributed by atoms with van der Waals surface area (Å²) in [4.78, 5) is 16.5. The van der Waals surface area contributed by atoms with Crippen LogP contribution in [0.25, 0.3) is 22.7 Å². The number of nitrogens with one attached hydrogen (secondary N) is 1. The van der Waals surface area contributed by atoms with Crippen LogP contribution in [0, 0.1) is 0 Å². The number of alkyl halides is 3. The maximum atomic E-state index is 12.5. The SMILES string of the molecule is CCNC(=O)c1noc(-c2cc(C(C)C)c(O)cc2O)c1-c1noc(C(Cl)(Cl)Cl)n1. The van der Waals surface area contributed by atoms with Gasteiger partial charge in [-0.3, -0.25) is 4.79 Å². The zero-order chi connectivity index (χ0) is 22.2. The van der Waals surface area contributed by atoms with Crippen molar-refractivity contribution in [1.29, 1.82) is 0 Å². The minimum Gasteiger partial charge on any atom is -0.508 e. The molecule has 1 amide bonds. The molecular formula is C18H17Cl3N4O5. The van der Waals surface area contributed by atoms with E-state index in [1.807, 2.05) is 13.8 Å². The maximum absolute atomic E-state index is 12.5. The van der Waals surface area contributed by atoms with E-state index in [-0.39, 0.29) is 51.7 Å². The van der Waals surface area contributed by atoms with Crippen molar-refractivity contribution in [1.82, 2.24) is 20.6 Å². The Kier molecular flexibility index (Phi) is 6.16. The highest BCUT2D eigenvalue weighted by Crippen LogP contribution is 2.43. The monoisotopic (exact) mass is 474 g/mol. The van der Waals surface area contributed by atoms with Crippen LogP contribution in [0.3, 0.4) is 0 Å². The van der Waals surface area contributed by atoms with Crippen molar-refractivity contribution in [2.24, 2.45) is 0 Å². The van der Waals surface area contributed by atoms with Crippen molar-refractivity contribution in [3.8, 4) is 34.2 Å². The molecule has 1 aromatic carbocycles. The topological polar surface area (TPSA) is 135 Å². The van der Waals surface area contributed by atoms with Gasteiger partial charge in [0.05, 0.1) is 5.56 Å². The first kappa shape index (κ1) is 22.2. The molecule has 0 aliphatic rings. The second-order valence-corrected chi connectivity index (χ2v) is 8.88. The molecule has 0 spiro atoms. The van der Waals surface area contributed by atoms with E-state index in [2.05, 4.69) is 20.6 Å². The molecule has 0 aliphatic carbocycles. The fourth-order valence-corrected chi connectivity index (χ4v) is 2.99. The summed E-state index contributed by atoms with van der Waals surface area (Å²) in [7, 11) is 0. The fourth-order valence-electron chi connectivity index (χ4n) is 2.76. The third-order valence-corrected chi connectivity index (χ3v) is 4.63. The van der Waals surface area contributed by atoms with Crippen LogP contribution in [-0.2, 0) is 3.79 Å². The number of aromatic hydroxyl groups is 2. The summed E-state index contributed by atoms with van der Waals surface area (Å²) in [5.74, 6) is -1.50. The second kappa shape index (κ2) is 8.33. The molecule has 2 heterocycles. The van der Waals surface area contributed by atoms with Crippen LogP contribution in [-0.4, -0.2) is 38.0 Å². The van der Waals surface area contributed by atoms with Crippen molar-refractivity contribution >= 4 is 40.7 Å². The first-order valence-corrected chi connectivity index (χ1v) is 9.93. The zero-order valence-corrected chi connectivity index (χ0v) is 18.3. The van der Waals surface area contributed by atoms with E-state index in [1.165, 1.54) is 12.1 Å². The van der Waals surface area contributed by atoms with E-state index >= 15 is 0 Å². The molecule has 0 saturated carbocycles. The average Bonchev–Trinajstić information content (AvgIpc) is 3.28. The number of aromatic nitrogens is 3. The van der Waals surface area contributed by atoms with E-state index in [0.717, 1.165) is 0 Å². The van der Waals surface area contributed by atoms with Gasteiger partial charge < -0.3 is 24.6 Å². The summed E-state index contributed by atoms with van der Waals surface area (Å²) < 4.78 is 8.38. The van der Waals surface area contributed by atoms with E-state index in [0.29, 0.717) is 12.1 Å². The number of hydrogen-bond acceptors (Lipinski definition) is 8. The van der Waals surface area contributed by atoms with Crippen LogP contribution in [0.15, 0.2) is 21.2 Å². The van der Waals surface area contributed by atoms with Gasteiger partial charge in [-0.1, -0.05) is 59.0 Å². The van der Waals surface area contributed by atoms with Gasteiger partial charge >= 0.3 is 0 Å². The molecule has 0 aliphatic heterocycles. The third kappa shape index (κ3) is 4.19. The van der Waals surface area contributed by atoms with Crippen LogP contribution >= 0.6 is 34.8 Å². The highest BCUT2D eigenvalue weighted by Gasteiger charge is 2.34. The largest absolute Gasteiger partial charge is 0.508 e. The lowest BCUT2D eigenvalue weighted by atomic mass is 9.96. The molecule has 12 heteroatoms. The van der Waals surface area contributed by atoms with Crippen LogP contribution < -0.4 is 5.32 Å². The minimum absolute atomic E-state index is 0.0210. The molecule has 0 radical (unpaired) electrons. The fraction of sp³-hybridized carbons (Fsp3) is 0.333. The predicted molar refractivity (Wildman–Crippen MR) is 110 cm³/mol. The standard InChI is InChI=1S/C18H17Cl3N4O5/c1-4-22-16(28)13-12(15-23-17(30-25-15)18(19,20)21)14(29-24-13)9-5-8(7(2)3)10(26)6-11(9)27/h5-7,26-27H,4H2,1-3H3,(H,22,28). The van der Waals surface area contributed by atoms with Gasteiger partial charge in [0.15, 0.2) is 11.5 Å². The van der Waals surface area contributed by atoms with Gasteiger partial charge in [0, 0.05) is 12.6 Å². The summed E-state index contributed by atoms with van der Waals surface area (Å²) in [5, 5.41) is 30.7. The van der Waals surface area contributed by atoms with Crippen LogP contribution in [0.2, 0.25) is 0 Å². The molecule has 2 aromatic heterocycles. The summed E-state index contributed by atoms with van der Waals surface area (Å²) in [5.41, 5.74) is 0.581. The van der Waals surface area contributed by atoms with Gasteiger partial charge in [0.25, 0.3) is 15.6 Å². The summed E-state index contributed by atoms with van der Waals surface area (Å²) in [6.07, 6.45) is 0. The molecule has 0 bridgehead atoms. The van der Waals surface area contributed by atoms with Crippen LogP contribution in [0.4, 0.5) is 0 Å². The van der Waals surface area contributed by atoms with Crippen LogP contribution in [0.5, 0.6) is 11.5 Å². The van der Waals surface area contributed by atoms with E-state index < -0.39 is 9.70 Å². The average molecular weight is 476 g/mol. The van der Waals surface area contributed by atoms with Crippen molar-refractivity contribution < 1.29 is 24.1 Å².